The molecule has 0 unspecified atom stereocenters. The lowest BCUT2D eigenvalue weighted by Crippen LogP contribution is -2.19. The predicted octanol–water partition coefficient (Wildman–Crippen LogP) is 3.16. The molecular weight excluding hydrogens is 374 g/mol. The van der Waals surface area contributed by atoms with Gasteiger partial charge >= 0.3 is 0 Å². The molecule has 0 bridgehead atoms. The molecular formula is C20H17N5O2S. The van der Waals surface area contributed by atoms with E-state index in [4.69, 9.17) is 0 Å². The molecule has 140 valence electrons. The Labute approximate surface area is 164 Å². The molecule has 0 aliphatic rings. The third kappa shape index (κ3) is 3.37. The Bertz CT molecular complexity index is 1210. The minimum atomic E-state index is -0.268. The van der Waals surface area contributed by atoms with Gasteiger partial charge in [0.05, 0.1) is 16.3 Å². The highest BCUT2D eigenvalue weighted by Crippen LogP contribution is 2.27. The van der Waals surface area contributed by atoms with Crippen LogP contribution in [0.1, 0.15) is 10.5 Å². The topological polar surface area (TPSA) is 81.8 Å². The van der Waals surface area contributed by atoms with Gasteiger partial charge in [0, 0.05) is 25.7 Å². The van der Waals surface area contributed by atoms with Gasteiger partial charge in [0.15, 0.2) is 0 Å². The Hall–Kier alpha value is -3.52. The van der Waals surface area contributed by atoms with Gasteiger partial charge in [0.25, 0.3) is 11.5 Å². The standard InChI is InChI=1S/C20H17N5O2S/c1-24-17(12-16(23-24)18-8-5-11-28-18)20(27)21-14-7-4-3-6-13(14)15-9-10-19(26)25(2)22-15/h3-12H,1-2H3,(H,21,27). The summed E-state index contributed by atoms with van der Waals surface area (Å²) in [5.74, 6) is -0.268. The maximum atomic E-state index is 12.9. The van der Waals surface area contributed by atoms with Gasteiger partial charge in [-0.25, -0.2) is 4.68 Å². The van der Waals surface area contributed by atoms with E-state index in [2.05, 4.69) is 15.5 Å². The Kier molecular flexibility index (Phi) is 4.62. The van der Waals surface area contributed by atoms with Crippen LogP contribution in [-0.4, -0.2) is 25.5 Å². The fourth-order valence-electron chi connectivity index (χ4n) is 2.87. The lowest BCUT2D eigenvalue weighted by Gasteiger charge is -2.11. The number of anilines is 1. The van der Waals surface area contributed by atoms with Crippen molar-refractivity contribution < 1.29 is 4.79 Å². The molecule has 28 heavy (non-hydrogen) atoms. The molecule has 0 fully saturated rings. The molecule has 0 aliphatic heterocycles. The largest absolute Gasteiger partial charge is 0.320 e. The molecule has 8 heteroatoms. The second-order valence-electron chi connectivity index (χ2n) is 6.20. The molecule has 0 aliphatic carbocycles. The van der Waals surface area contributed by atoms with Gasteiger partial charge in [-0.05, 0) is 29.6 Å². The van der Waals surface area contributed by atoms with Crippen molar-refractivity contribution in [3.63, 3.8) is 0 Å². The fourth-order valence-corrected chi connectivity index (χ4v) is 3.55. The first kappa shape index (κ1) is 17.9. The normalized spacial score (nSPS) is 10.8. The number of carbonyl (C=O) groups excluding carboxylic acids is 1. The van der Waals surface area contributed by atoms with E-state index in [1.165, 1.54) is 10.7 Å². The number of aryl methyl sites for hydroxylation is 2. The average molecular weight is 391 g/mol. The van der Waals surface area contributed by atoms with Crippen LogP contribution in [0.3, 0.4) is 0 Å². The lowest BCUT2D eigenvalue weighted by atomic mass is 10.1. The Morgan fingerprint density at radius 1 is 0.964 bits per heavy atom. The van der Waals surface area contributed by atoms with Crippen LogP contribution in [0, 0.1) is 0 Å². The Morgan fingerprint density at radius 3 is 2.50 bits per heavy atom. The van der Waals surface area contributed by atoms with Crippen molar-refractivity contribution in [3.05, 3.63) is 76.0 Å². The molecule has 0 radical (unpaired) electrons. The summed E-state index contributed by atoms with van der Waals surface area (Å²) in [5, 5.41) is 13.6. The molecule has 1 N–H and O–H groups in total. The molecule has 4 rings (SSSR count). The molecule has 0 saturated carbocycles. The summed E-state index contributed by atoms with van der Waals surface area (Å²) in [5.41, 5.74) is 2.95. The van der Waals surface area contributed by atoms with E-state index in [9.17, 15) is 9.59 Å². The van der Waals surface area contributed by atoms with Gasteiger partial charge in [-0.1, -0.05) is 24.3 Å². The molecule has 3 aromatic heterocycles. The van der Waals surface area contributed by atoms with Gasteiger partial charge < -0.3 is 5.32 Å². The third-order valence-corrected chi connectivity index (χ3v) is 5.19. The zero-order valence-electron chi connectivity index (χ0n) is 15.3. The first-order valence-electron chi connectivity index (χ1n) is 8.56. The van der Waals surface area contributed by atoms with Crippen LogP contribution in [0.5, 0.6) is 0 Å². The van der Waals surface area contributed by atoms with Crippen LogP contribution in [0.15, 0.2) is 64.8 Å². The minimum absolute atomic E-state index is 0.193. The number of thiophene rings is 1. The Balaban J connectivity index is 1.66. The van der Waals surface area contributed by atoms with E-state index in [1.807, 2.05) is 35.7 Å². The maximum absolute atomic E-state index is 12.9. The number of benzene rings is 1. The van der Waals surface area contributed by atoms with E-state index >= 15 is 0 Å². The first-order chi connectivity index (χ1) is 13.5. The molecule has 3 heterocycles. The van der Waals surface area contributed by atoms with E-state index in [-0.39, 0.29) is 11.5 Å². The van der Waals surface area contributed by atoms with Gasteiger partial charge in [-0.3, -0.25) is 14.3 Å². The monoisotopic (exact) mass is 391 g/mol. The molecule has 0 atom stereocenters. The highest BCUT2D eigenvalue weighted by molar-refractivity contribution is 7.13. The highest BCUT2D eigenvalue weighted by atomic mass is 32.1. The number of hydrogen-bond donors (Lipinski definition) is 1. The van der Waals surface area contributed by atoms with Crippen molar-refractivity contribution in [2.75, 3.05) is 5.32 Å². The summed E-state index contributed by atoms with van der Waals surface area (Å²) in [6, 6.07) is 16.1. The molecule has 4 aromatic rings. The number of carbonyl (C=O) groups is 1. The zero-order chi connectivity index (χ0) is 19.7. The van der Waals surface area contributed by atoms with Crippen LogP contribution in [-0.2, 0) is 14.1 Å². The minimum Gasteiger partial charge on any atom is -0.320 e. The third-order valence-electron chi connectivity index (χ3n) is 4.30. The number of amides is 1. The quantitative estimate of drug-likeness (QED) is 0.579. The summed E-state index contributed by atoms with van der Waals surface area (Å²) < 4.78 is 2.83. The van der Waals surface area contributed by atoms with Crippen molar-refractivity contribution >= 4 is 22.9 Å². The smallest absolute Gasteiger partial charge is 0.273 e. The van der Waals surface area contributed by atoms with Crippen LogP contribution in [0.4, 0.5) is 5.69 Å². The number of aromatic nitrogens is 4. The van der Waals surface area contributed by atoms with Crippen molar-refractivity contribution in [1.82, 2.24) is 19.6 Å². The van der Waals surface area contributed by atoms with E-state index < -0.39 is 0 Å². The van der Waals surface area contributed by atoms with Crippen LogP contribution in [0.25, 0.3) is 21.8 Å². The highest BCUT2D eigenvalue weighted by Gasteiger charge is 2.17. The maximum Gasteiger partial charge on any atom is 0.273 e. The SMILES string of the molecule is Cn1nc(-c2cccs2)cc1C(=O)Nc1ccccc1-c1ccc(=O)n(C)n1. The summed E-state index contributed by atoms with van der Waals surface area (Å²) in [6.07, 6.45) is 0. The molecule has 1 aromatic carbocycles. The van der Waals surface area contributed by atoms with Crippen molar-refractivity contribution in [2.45, 2.75) is 0 Å². The second kappa shape index (κ2) is 7.24. The van der Waals surface area contributed by atoms with E-state index in [0.717, 1.165) is 16.1 Å². The molecule has 1 amide bonds. The second-order valence-corrected chi connectivity index (χ2v) is 7.14. The average Bonchev–Trinajstić information content (AvgIpc) is 3.34. The van der Waals surface area contributed by atoms with Gasteiger partial charge in [0.2, 0.25) is 0 Å². The molecule has 0 saturated heterocycles. The van der Waals surface area contributed by atoms with Crippen LogP contribution >= 0.6 is 11.3 Å². The molecule has 0 spiro atoms. The van der Waals surface area contributed by atoms with Crippen molar-refractivity contribution in [2.24, 2.45) is 14.1 Å². The number of nitrogens with one attached hydrogen (secondary N) is 1. The fraction of sp³-hybridized carbons (Fsp3) is 0.100. The van der Waals surface area contributed by atoms with E-state index in [0.29, 0.717) is 17.1 Å². The summed E-state index contributed by atoms with van der Waals surface area (Å²) >= 11 is 1.57. The van der Waals surface area contributed by atoms with Gasteiger partial charge in [-0.2, -0.15) is 10.2 Å². The molecule has 7 nitrogen and oxygen atoms in total. The summed E-state index contributed by atoms with van der Waals surface area (Å²) in [4.78, 5) is 25.5. The predicted molar refractivity (Wildman–Crippen MR) is 109 cm³/mol. The van der Waals surface area contributed by atoms with E-state index in [1.54, 1.807) is 48.3 Å². The van der Waals surface area contributed by atoms with Crippen LogP contribution in [0.2, 0.25) is 0 Å². The van der Waals surface area contributed by atoms with Crippen LogP contribution < -0.4 is 10.9 Å². The lowest BCUT2D eigenvalue weighted by molar-refractivity contribution is 0.101. The number of hydrogen-bond acceptors (Lipinski definition) is 5. The van der Waals surface area contributed by atoms with Gasteiger partial charge in [-0.15, -0.1) is 11.3 Å². The number of rotatable bonds is 4. The number of para-hydroxylation sites is 1. The summed E-state index contributed by atoms with van der Waals surface area (Å²) in [7, 11) is 3.33. The van der Waals surface area contributed by atoms with Crippen molar-refractivity contribution in [1.29, 1.82) is 0 Å². The first-order valence-corrected chi connectivity index (χ1v) is 9.44. The Morgan fingerprint density at radius 2 is 1.75 bits per heavy atom. The number of nitrogens with zero attached hydrogens (tertiary/aromatic N) is 4. The van der Waals surface area contributed by atoms with Gasteiger partial charge in [0.1, 0.15) is 11.4 Å². The zero-order valence-corrected chi connectivity index (χ0v) is 16.1. The summed E-state index contributed by atoms with van der Waals surface area (Å²) in [6.45, 7) is 0. The van der Waals surface area contributed by atoms with Crippen molar-refractivity contribution in [3.8, 4) is 21.8 Å².